The molecule has 102 valence electrons. The summed E-state index contributed by atoms with van der Waals surface area (Å²) in [6, 6.07) is 2.85. The summed E-state index contributed by atoms with van der Waals surface area (Å²) in [7, 11) is 0. The summed E-state index contributed by atoms with van der Waals surface area (Å²) in [6.45, 7) is 1.18. The van der Waals surface area contributed by atoms with Gasteiger partial charge in [0.15, 0.2) is 0 Å². The molecule has 1 aromatic rings. The Morgan fingerprint density at radius 1 is 1.05 bits per heavy atom. The highest BCUT2D eigenvalue weighted by Gasteiger charge is 2.37. The summed E-state index contributed by atoms with van der Waals surface area (Å²) in [5.41, 5.74) is 0. The Balaban J connectivity index is 1.64. The molecule has 3 aliphatic rings. The van der Waals surface area contributed by atoms with E-state index < -0.39 is 0 Å². The van der Waals surface area contributed by atoms with Crippen molar-refractivity contribution in [2.24, 2.45) is 5.92 Å². The predicted molar refractivity (Wildman–Crippen MR) is 79.4 cm³/mol. The normalized spacial score (nSPS) is 30.5. The molecule has 3 fully saturated rings. The highest BCUT2D eigenvalue weighted by Crippen LogP contribution is 2.41. The van der Waals surface area contributed by atoms with Crippen LogP contribution in [0.4, 0.5) is 5.82 Å². The summed E-state index contributed by atoms with van der Waals surface area (Å²) in [5, 5.41) is 0. The third-order valence-electron chi connectivity index (χ3n) is 4.95. The molecule has 1 aromatic heterocycles. The Morgan fingerprint density at radius 2 is 1.89 bits per heavy atom. The maximum absolute atomic E-state index is 4.85. The number of anilines is 1. The molecular formula is C15H20BrN3. The number of rotatable bonds is 2. The zero-order chi connectivity index (χ0) is 12.8. The minimum absolute atomic E-state index is 0.626. The molecule has 0 aromatic carbocycles. The van der Waals surface area contributed by atoms with Crippen molar-refractivity contribution in [3.8, 4) is 0 Å². The van der Waals surface area contributed by atoms with Gasteiger partial charge in [-0.1, -0.05) is 12.8 Å². The van der Waals surface area contributed by atoms with Crippen molar-refractivity contribution in [2.45, 2.75) is 56.9 Å². The molecule has 1 aliphatic heterocycles. The molecule has 0 bridgehead atoms. The number of halogens is 1. The lowest BCUT2D eigenvalue weighted by Crippen LogP contribution is -2.35. The number of nitrogens with zero attached hydrogens (tertiary/aromatic N) is 3. The molecule has 0 radical (unpaired) electrons. The summed E-state index contributed by atoms with van der Waals surface area (Å²) >= 11 is 3.57. The second kappa shape index (κ2) is 4.72. The maximum Gasteiger partial charge on any atom is 0.135 e. The van der Waals surface area contributed by atoms with Gasteiger partial charge in [0, 0.05) is 24.6 Å². The SMILES string of the molecule is Brc1cc(N2CCC3CCCCC32)nc(C2CC2)n1. The van der Waals surface area contributed by atoms with E-state index in [0.717, 1.165) is 28.2 Å². The lowest BCUT2D eigenvalue weighted by atomic mass is 9.85. The molecule has 2 unspecified atom stereocenters. The van der Waals surface area contributed by atoms with Crippen LogP contribution in [0.25, 0.3) is 0 Å². The molecule has 3 nitrogen and oxygen atoms in total. The molecule has 4 rings (SSSR count). The van der Waals surface area contributed by atoms with Gasteiger partial charge in [-0.3, -0.25) is 0 Å². The van der Waals surface area contributed by atoms with Gasteiger partial charge >= 0.3 is 0 Å². The third kappa shape index (κ3) is 2.28. The van der Waals surface area contributed by atoms with Crippen LogP contribution in [-0.4, -0.2) is 22.6 Å². The number of fused-ring (bicyclic) bond motifs is 1. The van der Waals surface area contributed by atoms with Crippen molar-refractivity contribution in [3.63, 3.8) is 0 Å². The van der Waals surface area contributed by atoms with Crippen LogP contribution in [0, 0.1) is 5.92 Å². The Labute approximate surface area is 122 Å². The predicted octanol–water partition coefficient (Wildman–Crippen LogP) is 3.89. The smallest absolute Gasteiger partial charge is 0.135 e. The summed E-state index contributed by atoms with van der Waals surface area (Å²) < 4.78 is 0.957. The number of aromatic nitrogens is 2. The van der Waals surface area contributed by atoms with Gasteiger partial charge in [-0.05, 0) is 54.0 Å². The molecule has 19 heavy (non-hydrogen) atoms. The molecule has 2 heterocycles. The first kappa shape index (κ1) is 12.1. The highest BCUT2D eigenvalue weighted by atomic mass is 79.9. The Morgan fingerprint density at radius 3 is 2.74 bits per heavy atom. The van der Waals surface area contributed by atoms with Crippen molar-refractivity contribution in [1.29, 1.82) is 0 Å². The fourth-order valence-electron chi connectivity index (χ4n) is 3.78. The lowest BCUT2D eigenvalue weighted by molar-refractivity contribution is 0.341. The first-order chi connectivity index (χ1) is 9.31. The molecular weight excluding hydrogens is 302 g/mol. The van der Waals surface area contributed by atoms with Gasteiger partial charge < -0.3 is 4.90 Å². The Kier molecular flexibility index (Phi) is 3.02. The molecule has 0 spiro atoms. The second-order valence-corrected chi connectivity index (χ2v) is 7.09. The van der Waals surface area contributed by atoms with E-state index in [-0.39, 0.29) is 0 Å². The van der Waals surface area contributed by atoms with Gasteiger partial charge in [-0.2, -0.15) is 0 Å². The number of hydrogen-bond donors (Lipinski definition) is 0. The fourth-order valence-corrected chi connectivity index (χ4v) is 4.17. The average Bonchev–Trinajstić information content (AvgIpc) is 3.18. The Bertz CT molecular complexity index is 486. The van der Waals surface area contributed by atoms with E-state index in [1.54, 1.807) is 0 Å². The first-order valence-corrected chi connectivity index (χ1v) is 8.42. The zero-order valence-electron chi connectivity index (χ0n) is 11.2. The van der Waals surface area contributed by atoms with Crippen LogP contribution in [0.1, 0.15) is 56.7 Å². The van der Waals surface area contributed by atoms with Crippen LogP contribution < -0.4 is 4.90 Å². The van der Waals surface area contributed by atoms with Gasteiger partial charge in [0.25, 0.3) is 0 Å². The monoisotopic (exact) mass is 321 g/mol. The van der Waals surface area contributed by atoms with Crippen molar-refractivity contribution in [3.05, 3.63) is 16.5 Å². The minimum atomic E-state index is 0.626. The van der Waals surface area contributed by atoms with Crippen LogP contribution in [0.5, 0.6) is 0 Å². The van der Waals surface area contributed by atoms with E-state index in [2.05, 4.69) is 31.9 Å². The zero-order valence-corrected chi connectivity index (χ0v) is 12.8. The van der Waals surface area contributed by atoms with Gasteiger partial charge in [0.2, 0.25) is 0 Å². The van der Waals surface area contributed by atoms with Crippen molar-refractivity contribution in [1.82, 2.24) is 9.97 Å². The van der Waals surface area contributed by atoms with Gasteiger partial charge in [0.1, 0.15) is 16.2 Å². The number of hydrogen-bond acceptors (Lipinski definition) is 3. The second-order valence-electron chi connectivity index (χ2n) is 6.28. The topological polar surface area (TPSA) is 29.0 Å². The molecule has 2 saturated carbocycles. The van der Waals surface area contributed by atoms with E-state index in [1.807, 2.05) is 0 Å². The largest absolute Gasteiger partial charge is 0.353 e. The molecule has 2 aliphatic carbocycles. The lowest BCUT2D eigenvalue weighted by Gasteiger charge is -2.32. The molecule has 2 atom stereocenters. The van der Waals surface area contributed by atoms with Crippen LogP contribution in [0.2, 0.25) is 0 Å². The summed E-state index contributed by atoms with van der Waals surface area (Å²) in [6.07, 6.45) is 9.47. The summed E-state index contributed by atoms with van der Waals surface area (Å²) in [4.78, 5) is 12.0. The van der Waals surface area contributed by atoms with Crippen LogP contribution in [0.15, 0.2) is 10.7 Å². The third-order valence-corrected chi connectivity index (χ3v) is 5.35. The van der Waals surface area contributed by atoms with Gasteiger partial charge in [0.05, 0.1) is 0 Å². The van der Waals surface area contributed by atoms with Gasteiger partial charge in [-0.15, -0.1) is 0 Å². The van der Waals surface area contributed by atoms with Crippen LogP contribution >= 0.6 is 15.9 Å². The maximum atomic E-state index is 4.85. The van der Waals surface area contributed by atoms with Crippen LogP contribution in [-0.2, 0) is 0 Å². The van der Waals surface area contributed by atoms with Crippen molar-refractivity contribution < 1.29 is 0 Å². The molecule has 0 N–H and O–H groups in total. The van der Waals surface area contributed by atoms with Crippen molar-refractivity contribution in [2.75, 3.05) is 11.4 Å². The quantitative estimate of drug-likeness (QED) is 0.774. The van der Waals surface area contributed by atoms with Crippen LogP contribution in [0.3, 0.4) is 0 Å². The van der Waals surface area contributed by atoms with Gasteiger partial charge in [-0.25, -0.2) is 9.97 Å². The van der Waals surface area contributed by atoms with E-state index >= 15 is 0 Å². The molecule has 1 saturated heterocycles. The van der Waals surface area contributed by atoms with Crippen molar-refractivity contribution >= 4 is 21.7 Å². The average molecular weight is 322 g/mol. The van der Waals surface area contributed by atoms with E-state index in [1.165, 1.54) is 51.5 Å². The first-order valence-electron chi connectivity index (χ1n) is 7.62. The molecule has 0 amide bonds. The summed E-state index contributed by atoms with van der Waals surface area (Å²) in [5.74, 6) is 3.76. The Hall–Kier alpha value is -0.640. The standard InChI is InChI=1S/C15H20BrN3/c16-13-9-14(18-15(17-13)11-5-6-11)19-8-7-10-3-1-2-4-12(10)19/h9-12H,1-8H2. The van der Waals surface area contributed by atoms with E-state index in [4.69, 9.17) is 4.98 Å². The minimum Gasteiger partial charge on any atom is -0.353 e. The fraction of sp³-hybridized carbons (Fsp3) is 0.733. The molecule has 4 heteroatoms. The highest BCUT2D eigenvalue weighted by molar-refractivity contribution is 9.10. The van der Waals surface area contributed by atoms with E-state index in [9.17, 15) is 0 Å². The van der Waals surface area contributed by atoms with E-state index in [0.29, 0.717) is 5.92 Å².